The lowest BCUT2D eigenvalue weighted by Gasteiger charge is -2.15. The van der Waals surface area contributed by atoms with E-state index in [4.69, 9.17) is 4.98 Å². The van der Waals surface area contributed by atoms with Crippen LogP contribution < -0.4 is 10.3 Å². The summed E-state index contributed by atoms with van der Waals surface area (Å²) in [4.78, 5) is 31.2. The van der Waals surface area contributed by atoms with Gasteiger partial charge in [-0.15, -0.1) is 0 Å². The first-order chi connectivity index (χ1) is 14.0. The Morgan fingerprint density at radius 1 is 1.00 bits per heavy atom. The van der Waals surface area contributed by atoms with Gasteiger partial charge in [-0.1, -0.05) is 12.1 Å². The molecule has 1 aromatic carbocycles. The van der Waals surface area contributed by atoms with Crippen molar-refractivity contribution in [2.45, 2.75) is 6.92 Å². The highest BCUT2D eigenvalue weighted by Crippen LogP contribution is 2.32. The predicted molar refractivity (Wildman–Crippen MR) is 113 cm³/mol. The van der Waals surface area contributed by atoms with Crippen molar-refractivity contribution in [2.24, 2.45) is 0 Å². The van der Waals surface area contributed by atoms with E-state index >= 15 is 0 Å². The lowest BCUT2D eigenvalue weighted by Crippen LogP contribution is -2.11. The second-order valence-electron chi connectivity index (χ2n) is 6.90. The highest BCUT2D eigenvalue weighted by molar-refractivity contribution is 5.85. The van der Waals surface area contributed by atoms with Gasteiger partial charge in [0.25, 0.3) is 0 Å². The lowest BCUT2D eigenvalue weighted by molar-refractivity contribution is 1.04. The van der Waals surface area contributed by atoms with Crippen molar-refractivity contribution in [1.82, 2.24) is 19.9 Å². The van der Waals surface area contributed by atoms with Gasteiger partial charge in [-0.05, 0) is 31.2 Å². The predicted octanol–water partition coefficient (Wildman–Crippen LogP) is 3.29. The molecule has 1 N–H and O–H groups in total. The van der Waals surface area contributed by atoms with E-state index in [0.29, 0.717) is 22.6 Å². The topological polar surface area (TPSA) is 98.6 Å². The molecular formula is C22H18N6O. The fraction of sp³-hybridized carbons (Fsp3) is 0.136. The van der Waals surface area contributed by atoms with Crippen molar-refractivity contribution in [2.75, 3.05) is 19.0 Å². The normalized spacial score (nSPS) is 10.7. The van der Waals surface area contributed by atoms with Gasteiger partial charge in [0.05, 0.1) is 23.0 Å². The first-order valence-electron chi connectivity index (χ1n) is 9.02. The summed E-state index contributed by atoms with van der Waals surface area (Å²) in [6.07, 6.45) is 1.55. The number of hydrogen-bond acceptors (Lipinski definition) is 6. The first-order valence-corrected chi connectivity index (χ1v) is 9.02. The van der Waals surface area contributed by atoms with Crippen LogP contribution in [0, 0.1) is 18.3 Å². The third kappa shape index (κ3) is 3.44. The van der Waals surface area contributed by atoms with Crippen LogP contribution in [-0.4, -0.2) is 34.0 Å². The summed E-state index contributed by atoms with van der Waals surface area (Å²) in [5, 5.41) is 9.29. The number of nitrogens with one attached hydrogen (secondary N) is 1. The summed E-state index contributed by atoms with van der Waals surface area (Å²) in [6.45, 7) is 1.91. The number of pyridine rings is 2. The van der Waals surface area contributed by atoms with Crippen molar-refractivity contribution in [3.05, 3.63) is 70.1 Å². The number of aromatic nitrogens is 4. The Labute approximate surface area is 167 Å². The summed E-state index contributed by atoms with van der Waals surface area (Å²) < 4.78 is 0. The molecule has 0 saturated heterocycles. The van der Waals surface area contributed by atoms with E-state index in [2.05, 4.69) is 21.0 Å². The fourth-order valence-electron chi connectivity index (χ4n) is 3.14. The summed E-state index contributed by atoms with van der Waals surface area (Å²) >= 11 is 0. The minimum Gasteiger partial charge on any atom is -0.363 e. The monoisotopic (exact) mass is 382 g/mol. The zero-order valence-corrected chi connectivity index (χ0v) is 16.3. The Morgan fingerprint density at radius 2 is 1.79 bits per heavy atom. The zero-order chi connectivity index (χ0) is 20.5. The molecule has 7 nitrogen and oxygen atoms in total. The molecule has 0 saturated carbocycles. The molecule has 0 aliphatic carbocycles. The average Bonchev–Trinajstić information content (AvgIpc) is 2.72. The van der Waals surface area contributed by atoms with Gasteiger partial charge in [-0.25, -0.2) is 15.0 Å². The smallest absolute Gasteiger partial charge is 0.209 e. The van der Waals surface area contributed by atoms with E-state index in [1.54, 1.807) is 24.4 Å². The summed E-state index contributed by atoms with van der Waals surface area (Å²) in [5.74, 6) is 0.778. The molecule has 0 fully saturated rings. The molecule has 3 heterocycles. The lowest BCUT2D eigenvalue weighted by atomic mass is 10.0. The largest absolute Gasteiger partial charge is 0.363 e. The fourth-order valence-corrected chi connectivity index (χ4v) is 3.14. The van der Waals surface area contributed by atoms with Crippen LogP contribution in [0.2, 0.25) is 0 Å². The SMILES string of the molecule is Cc1cc(-c2nc3c(=O)cc[nH]c3nc2-c2cccc(C#N)c2)cc(N(C)C)n1. The Kier molecular flexibility index (Phi) is 4.53. The molecule has 0 bridgehead atoms. The Morgan fingerprint density at radius 3 is 2.55 bits per heavy atom. The van der Waals surface area contributed by atoms with Gasteiger partial charge in [0.15, 0.2) is 11.2 Å². The number of aromatic amines is 1. The van der Waals surface area contributed by atoms with Crippen molar-refractivity contribution in [1.29, 1.82) is 5.26 Å². The molecule has 0 radical (unpaired) electrons. The van der Waals surface area contributed by atoms with E-state index in [9.17, 15) is 10.1 Å². The molecule has 0 amide bonds. The highest BCUT2D eigenvalue weighted by Gasteiger charge is 2.17. The molecule has 0 aliphatic heterocycles. The van der Waals surface area contributed by atoms with E-state index in [1.807, 2.05) is 44.1 Å². The number of benzene rings is 1. The van der Waals surface area contributed by atoms with E-state index in [-0.39, 0.29) is 10.9 Å². The molecule has 142 valence electrons. The van der Waals surface area contributed by atoms with Gasteiger partial charge in [-0.3, -0.25) is 4.79 Å². The van der Waals surface area contributed by atoms with Gasteiger partial charge >= 0.3 is 0 Å². The molecule has 4 aromatic rings. The van der Waals surface area contributed by atoms with Crippen LogP contribution in [0.5, 0.6) is 0 Å². The average molecular weight is 382 g/mol. The molecule has 29 heavy (non-hydrogen) atoms. The van der Waals surface area contributed by atoms with Crippen molar-refractivity contribution >= 4 is 17.0 Å². The van der Waals surface area contributed by atoms with Gasteiger partial charge in [0.1, 0.15) is 5.82 Å². The molecule has 7 heteroatoms. The maximum atomic E-state index is 12.4. The quantitative estimate of drug-likeness (QED) is 0.584. The van der Waals surface area contributed by atoms with Crippen molar-refractivity contribution in [3.8, 4) is 28.6 Å². The molecule has 0 unspecified atom stereocenters. The number of hydrogen-bond donors (Lipinski definition) is 1. The van der Waals surface area contributed by atoms with Gasteiger partial charge in [-0.2, -0.15) is 5.26 Å². The molecule has 3 aromatic heterocycles. The second kappa shape index (κ2) is 7.17. The van der Waals surface area contributed by atoms with Gasteiger partial charge in [0, 0.05) is 43.2 Å². The van der Waals surface area contributed by atoms with Gasteiger partial charge in [0.2, 0.25) is 5.43 Å². The van der Waals surface area contributed by atoms with Crippen LogP contribution in [-0.2, 0) is 0 Å². The Bertz CT molecular complexity index is 1330. The number of fused-ring (bicyclic) bond motifs is 1. The molecule has 0 aliphatic rings. The van der Waals surface area contributed by atoms with Crippen molar-refractivity contribution < 1.29 is 0 Å². The zero-order valence-electron chi connectivity index (χ0n) is 16.3. The maximum absolute atomic E-state index is 12.4. The molecular weight excluding hydrogens is 364 g/mol. The number of nitriles is 1. The van der Waals surface area contributed by atoms with Crippen LogP contribution in [0.15, 0.2) is 53.5 Å². The van der Waals surface area contributed by atoms with Crippen LogP contribution in [0.1, 0.15) is 11.3 Å². The van der Waals surface area contributed by atoms with Crippen molar-refractivity contribution in [3.63, 3.8) is 0 Å². The number of anilines is 1. The molecule has 0 atom stereocenters. The van der Waals surface area contributed by atoms with E-state index in [0.717, 1.165) is 22.6 Å². The van der Waals surface area contributed by atoms with Crippen LogP contribution in [0.25, 0.3) is 33.7 Å². The Balaban J connectivity index is 2.08. The summed E-state index contributed by atoms with van der Waals surface area (Å²) in [6, 6.07) is 14.6. The summed E-state index contributed by atoms with van der Waals surface area (Å²) in [5.41, 5.74) is 4.52. The number of H-pyrrole nitrogens is 1. The van der Waals surface area contributed by atoms with Crippen LogP contribution >= 0.6 is 0 Å². The summed E-state index contributed by atoms with van der Waals surface area (Å²) in [7, 11) is 3.83. The molecule has 4 rings (SSSR count). The number of rotatable bonds is 3. The minimum atomic E-state index is -0.205. The standard InChI is InChI=1S/C22H18N6O/c1-13-9-16(11-18(25-13)28(2)3)20-19(15-6-4-5-14(10-15)12-23)27-22-21(26-20)17(29)7-8-24-22/h4-11H,1-3H3,(H,24,27,29). The Hall–Kier alpha value is -4.05. The third-order valence-corrected chi connectivity index (χ3v) is 4.52. The van der Waals surface area contributed by atoms with Gasteiger partial charge < -0.3 is 9.88 Å². The first kappa shape index (κ1) is 18.3. The number of nitrogens with zero attached hydrogens (tertiary/aromatic N) is 5. The minimum absolute atomic E-state index is 0.205. The molecule has 0 spiro atoms. The van der Waals surface area contributed by atoms with E-state index < -0.39 is 0 Å². The van der Waals surface area contributed by atoms with E-state index in [1.165, 1.54) is 6.07 Å². The second-order valence-corrected chi connectivity index (χ2v) is 6.90. The van der Waals surface area contributed by atoms with Crippen LogP contribution in [0.4, 0.5) is 5.82 Å². The van der Waals surface area contributed by atoms with Crippen LogP contribution in [0.3, 0.4) is 0 Å². The number of aryl methyl sites for hydroxylation is 1. The third-order valence-electron chi connectivity index (χ3n) is 4.52. The maximum Gasteiger partial charge on any atom is 0.209 e. The highest BCUT2D eigenvalue weighted by atomic mass is 16.1.